The van der Waals surface area contributed by atoms with E-state index in [4.69, 9.17) is 5.26 Å². The second kappa shape index (κ2) is 11.9. The minimum atomic E-state index is -4.14. The summed E-state index contributed by atoms with van der Waals surface area (Å²) in [5.41, 5.74) is -1.25. The molecule has 0 aliphatic carbocycles. The number of rotatable bonds is 8. The van der Waals surface area contributed by atoms with Crippen LogP contribution >= 0.6 is 0 Å². The van der Waals surface area contributed by atoms with Gasteiger partial charge in [0, 0.05) is 55.3 Å². The van der Waals surface area contributed by atoms with E-state index in [9.17, 15) is 13.9 Å². The molecule has 1 saturated heterocycles. The average Bonchev–Trinajstić information content (AvgIpc) is 3.58. The van der Waals surface area contributed by atoms with Crippen molar-refractivity contribution in [3.8, 4) is 17.2 Å². The van der Waals surface area contributed by atoms with Gasteiger partial charge < -0.3 is 14.9 Å². The predicted molar refractivity (Wildman–Crippen MR) is 155 cm³/mol. The Labute approximate surface area is 254 Å². The first-order valence-corrected chi connectivity index (χ1v) is 13.9. The summed E-state index contributed by atoms with van der Waals surface area (Å²) in [4.78, 5) is 12.5. The summed E-state index contributed by atoms with van der Waals surface area (Å²) in [6.45, 7) is 2.16. The van der Waals surface area contributed by atoms with Crippen molar-refractivity contribution in [1.29, 1.82) is 5.26 Å². The van der Waals surface area contributed by atoms with Gasteiger partial charge in [-0.05, 0) is 58.5 Å². The van der Waals surface area contributed by atoms with Crippen LogP contribution in [0.25, 0.3) is 11.1 Å². The molecule has 0 saturated carbocycles. The molecule has 1 aliphatic heterocycles. The summed E-state index contributed by atoms with van der Waals surface area (Å²) >= 11 is 0. The summed E-state index contributed by atoms with van der Waals surface area (Å²) in [7, 11) is 0. The lowest BCUT2D eigenvalue weighted by atomic mass is 9.84. The van der Waals surface area contributed by atoms with Crippen molar-refractivity contribution in [1.82, 2.24) is 30.2 Å². The molecule has 1 N–H and O–H groups in total. The summed E-state index contributed by atoms with van der Waals surface area (Å²) in [6, 6.07) is 17.7. The van der Waals surface area contributed by atoms with Crippen molar-refractivity contribution in [2.75, 3.05) is 36.0 Å². The molecule has 1 fully saturated rings. The fourth-order valence-electron chi connectivity index (χ4n) is 5.35. The van der Waals surface area contributed by atoms with Gasteiger partial charge in [-0.25, -0.2) is 18.4 Å². The first kappa shape index (κ1) is 29.6. The van der Waals surface area contributed by atoms with Crippen molar-refractivity contribution in [2.45, 2.75) is 18.1 Å². The van der Waals surface area contributed by atoms with Gasteiger partial charge in [-0.2, -0.15) is 14.0 Å². The van der Waals surface area contributed by atoms with Crippen LogP contribution in [-0.4, -0.2) is 61.5 Å². The van der Waals surface area contributed by atoms with Gasteiger partial charge in [-0.1, -0.05) is 18.2 Å². The van der Waals surface area contributed by atoms with Crippen molar-refractivity contribution in [3.05, 3.63) is 114 Å². The molecule has 5 aromatic rings. The molecule has 0 spiro atoms. The maximum Gasteiger partial charge on any atom is 0.323 e. The Morgan fingerprint density at radius 1 is 0.822 bits per heavy atom. The number of aromatic nitrogens is 6. The Morgan fingerprint density at radius 3 is 2.09 bits per heavy atom. The van der Waals surface area contributed by atoms with Gasteiger partial charge in [0.2, 0.25) is 0 Å². The lowest BCUT2D eigenvalue weighted by molar-refractivity contribution is -0.207. The number of hydrogen-bond donors (Lipinski definition) is 1. The normalized spacial score (nSPS) is 15.0. The Kier molecular flexibility index (Phi) is 7.86. The van der Waals surface area contributed by atoms with E-state index in [-0.39, 0.29) is 0 Å². The van der Waals surface area contributed by atoms with Crippen LogP contribution in [-0.2, 0) is 18.1 Å². The van der Waals surface area contributed by atoms with E-state index in [1.807, 2.05) is 36.4 Å². The number of pyridine rings is 2. The molecule has 10 nitrogen and oxygen atoms in total. The highest BCUT2D eigenvalue weighted by atomic mass is 19.3. The number of hydrogen-bond acceptors (Lipinski definition) is 9. The fraction of sp³-hybridized carbons (Fsp3) is 0.226. The second-order valence-electron chi connectivity index (χ2n) is 10.5. The van der Waals surface area contributed by atoms with E-state index in [0.29, 0.717) is 17.3 Å². The van der Waals surface area contributed by atoms with Gasteiger partial charge in [0.1, 0.15) is 35.4 Å². The molecule has 14 heteroatoms. The third-order valence-electron chi connectivity index (χ3n) is 7.84. The maximum atomic E-state index is 16.0. The van der Waals surface area contributed by atoms with Crippen LogP contribution in [0.4, 0.5) is 28.9 Å². The zero-order valence-corrected chi connectivity index (χ0v) is 23.6. The number of alkyl halides is 2. The van der Waals surface area contributed by atoms with E-state index in [1.54, 1.807) is 12.3 Å². The van der Waals surface area contributed by atoms with E-state index in [1.165, 1.54) is 12.3 Å². The Morgan fingerprint density at radius 2 is 1.51 bits per heavy atom. The molecule has 1 atom stereocenters. The number of tetrazole rings is 1. The quantitative estimate of drug-likeness (QED) is 0.255. The van der Waals surface area contributed by atoms with Crippen LogP contribution in [0, 0.1) is 23.0 Å². The van der Waals surface area contributed by atoms with Crippen LogP contribution in [0.1, 0.15) is 17.0 Å². The van der Waals surface area contributed by atoms with Gasteiger partial charge >= 0.3 is 5.92 Å². The number of benzene rings is 2. The Bertz CT molecular complexity index is 1800. The number of halogens is 4. The highest BCUT2D eigenvalue weighted by Gasteiger charge is 2.58. The third kappa shape index (κ3) is 5.77. The van der Waals surface area contributed by atoms with E-state index in [0.717, 1.165) is 72.3 Å². The van der Waals surface area contributed by atoms with Gasteiger partial charge in [0.15, 0.2) is 5.60 Å². The average molecular weight is 616 g/mol. The highest BCUT2D eigenvalue weighted by Crippen LogP contribution is 2.47. The molecule has 0 bridgehead atoms. The van der Waals surface area contributed by atoms with Crippen molar-refractivity contribution in [2.24, 2.45) is 0 Å². The molecule has 1 aliphatic rings. The SMILES string of the molecule is N#Cc1ccc(N2CCN(c3ccc(-c4ccc(C(F)(F)C(O)(Cn5cnnn5)c5ccc(F)cc5F)nc4)cc3)CC2)cn1. The molecule has 2 aromatic carbocycles. The van der Waals surface area contributed by atoms with E-state index in [2.05, 4.69) is 35.3 Å². The van der Waals surface area contributed by atoms with Crippen molar-refractivity contribution >= 4 is 11.4 Å². The molecule has 1 unspecified atom stereocenters. The summed E-state index contributed by atoms with van der Waals surface area (Å²) in [5, 5.41) is 30.6. The van der Waals surface area contributed by atoms with Gasteiger partial charge in [-0.15, -0.1) is 5.10 Å². The molecule has 228 valence electrons. The Balaban J connectivity index is 1.18. The topological polar surface area (TPSA) is 120 Å². The highest BCUT2D eigenvalue weighted by molar-refractivity contribution is 5.66. The minimum Gasteiger partial charge on any atom is -0.377 e. The summed E-state index contributed by atoms with van der Waals surface area (Å²) in [6.07, 6.45) is 3.95. The minimum absolute atomic E-state index is 0.374. The van der Waals surface area contributed by atoms with Crippen LogP contribution in [0.15, 0.2) is 85.5 Å². The van der Waals surface area contributed by atoms with Crippen molar-refractivity contribution < 1.29 is 22.7 Å². The van der Waals surface area contributed by atoms with Gasteiger partial charge in [0.25, 0.3) is 0 Å². The fourth-order valence-corrected chi connectivity index (χ4v) is 5.35. The molecule has 0 radical (unpaired) electrons. The van der Waals surface area contributed by atoms with Crippen LogP contribution in [0.3, 0.4) is 0 Å². The largest absolute Gasteiger partial charge is 0.377 e. The smallest absolute Gasteiger partial charge is 0.323 e. The van der Waals surface area contributed by atoms with E-state index >= 15 is 8.78 Å². The van der Waals surface area contributed by atoms with E-state index < -0.39 is 41.0 Å². The standard InChI is InChI=1S/C31H25F4N9O/c32-23-4-9-27(28(33)15-23)30(45,19-44-20-39-40-41-44)31(34,35)29-10-3-22(17-38-29)21-1-6-25(7-2-21)42-11-13-43(14-12-42)26-8-5-24(16-36)37-18-26/h1-10,15,17-18,20,45H,11-14,19H2. The van der Waals surface area contributed by atoms with Gasteiger partial charge in [0.05, 0.1) is 18.4 Å². The monoisotopic (exact) mass is 615 g/mol. The lowest BCUT2D eigenvalue weighted by Gasteiger charge is -2.37. The number of anilines is 2. The maximum absolute atomic E-state index is 16.0. The van der Waals surface area contributed by atoms with Crippen LogP contribution in [0.5, 0.6) is 0 Å². The molecule has 6 rings (SSSR count). The number of aliphatic hydroxyl groups is 1. The molecule has 45 heavy (non-hydrogen) atoms. The summed E-state index contributed by atoms with van der Waals surface area (Å²) < 4.78 is 61.3. The second-order valence-corrected chi connectivity index (χ2v) is 10.5. The predicted octanol–water partition coefficient (Wildman–Crippen LogP) is 4.29. The van der Waals surface area contributed by atoms with Crippen molar-refractivity contribution in [3.63, 3.8) is 0 Å². The number of piperazine rings is 1. The molecular formula is C31H25F4N9O. The molecular weight excluding hydrogens is 590 g/mol. The molecule has 4 heterocycles. The molecule has 3 aromatic heterocycles. The first-order chi connectivity index (χ1) is 21.7. The van der Waals surface area contributed by atoms with Crippen LogP contribution in [0.2, 0.25) is 0 Å². The lowest BCUT2D eigenvalue weighted by Crippen LogP contribution is -2.48. The zero-order chi connectivity index (χ0) is 31.6. The van der Waals surface area contributed by atoms with Gasteiger partial charge in [-0.3, -0.25) is 4.98 Å². The zero-order valence-electron chi connectivity index (χ0n) is 23.6. The molecule has 0 amide bonds. The number of nitriles is 1. The first-order valence-electron chi connectivity index (χ1n) is 13.9. The Hall–Kier alpha value is -5.42. The summed E-state index contributed by atoms with van der Waals surface area (Å²) in [5.74, 6) is -6.48. The number of nitrogens with zero attached hydrogens (tertiary/aromatic N) is 9. The third-order valence-corrected chi connectivity index (χ3v) is 7.84. The van der Waals surface area contributed by atoms with Crippen LogP contribution < -0.4 is 9.80 Å².